The van der Waals surface area contributed by atoms with Gasteiger partial charge in [-0.15, -0.1) is 11.3 Å². The van der Waals surface area contributed by atoms with Gasteiger partial charge in [-0.3, -0.25) is 9.59 Å². The van der Waals surface area contributed by atoms with Crippen molar-refractivity contribution in [2.24, 2.45) is 0 Å². The van der Waals surface area contributed by atoms with E-state index in [1.54, 1.807) is 16.2 Å². The van der Waals surface area contributed by atoms with Crippen LogP contribution in [0.2, 0.25) is 0 Å². The molecular weight excluding hydrogens is 368 g/mol. The lowest BCUT2D eigenvalue weighted by atomic mass is 10.1. The summed E-state index contributed by atoms with van der Waals surface area (Å²) in [6, 6.07) is 12.2. The highest BCUT2D eigenvalue weighted by Gasteiger charge is 2.24. The van der Waals surface area contributed by atoms with Crippen LogP contribution in [0.4, 0.5) is 0 Å². The predicted molar refractivity (Wildman–Crippen MR) is 116 cm³/mol. The van der Waals surface area contributed by atoms with Gasteiger partial charge < -0.3 is 9.80 Å². The summed E-state index contributed by atoms with van der Waals surface area (Å²) in [7, 11) is 0. The summed E-state index contributed by atoms with van der Waals surface area (Å²) in [6.45, 7) is 9.42. The summed E-state index contributed by atoms with van der Waals surface area (Å²) in [4.78, 5) is 30.7. The Morgan fingerprint density at radius 2 is 1.75 bits per heavy atom. The smallest absolute Gasteiger partial charge is 0.242 e. The van der Waals surface area contributed by atoms with E-state index in [2.05, 4.69) is 25.3 Å². The van der Waals surface area contributed by atoms with Gasteiger partial charge in [0.25, 0.3) is 0 Å². The lowest BCUT2D eigenvalue weighted by Gasteiger charge is -2.31. The van der Waals surface area contributed by atoms with Crippen LogP contribution in [0.1, 0.15) is 56.0 Å². The molecule has 0 spiro atoms. The minimum Gasteiger partial charge on any atom is -0.332 e. The van der Waals surface area contributed by atoms with Gasteiger partial charge in [-0.1, -0.05) is 44.2 Å². The monoisotopic (exact) mass is 400 g/mol. The minimum atomic E-state index is 0.00130. The Hall–Kier alpha value is -2.14. The van der Waals surface area contributed by atoms with E-state index in [0.29, 0.717) is 19.5 Å². The van der Waals surface area contributed by atoms with E-state index in [0.717, 1.165) is 18.4 Å². The first-order valence-corrected chi connectivity index (χ1v) is 11.0. The zero-order valence-corrected chi connectivity index (χ0v) is 18.3. The highest BCUT2D eigenvalue weighted by molar-refractivity contribution is 7.10. The van der Waals surface area contributed by atoms with Gasteiger partial charge in [0, 0.05) is 23.9 Å². The van der Waals surface area contributed by atoms with Crippen molar-refractivity contribution < 1.29 is 9.59 Å². The van der Waals surface area contributed by atoms with Crippen LogP contribution >= 0.6 is 11.3 Å². The molecule has 4 nitrogen and oxygen atoms in total. The Morgan fingerprint density at radius 1 is 1.04 bits per heavy atom. The second-order valence-electron chi connectivity index (χ2n) is 7.29. The van der Waals surface area contributed by atoms with Crippen molar-refractivity contribution in [3.63, 3.8) is 0 Å². The molecule has 0 fully saturated rings. The third-order valence-electron chi connectivity index (χ3n) is 5.08. The van der Waals surface area contributed by atoms with Crippen molar-refractivity contribution in [3.05, 3.63) is 57.8 Å². The molecule has 28 heavy (non-hydrogen) atoms. The molecule has 1 unspecified atom stereocenters. The van der Waals surface area contributed by atoms with E-state index >= 15 is 0 Å². The quantitative estimate of drug-likeness (QED) is 0.562. The maximum Gasteiger partial charge on any atom is 0.242 e. The van der Waals surface area contributed by atoms with E-state index in [1.165, 1.54) is 10.4 Å². The third kappa shape index (κ3) is 6.20. The van der Waals surface area contributed by atoms with Gasteiger partial charge >= 0.3 is 0 Å². The SMILES string of the molecule is CCCC(=O)N(CC(=O)N(Cc1ccccc1)Cc1sccc1C)C(C)CC. The van der Waals surface area contributed by atoms with E-state index in [-0.39, 0.29) is 24.4 Å². The summed E-state index contributed by atoms with van der Waals surface area (Å²) in [5.74, 6) is 0.0681. The first-order valence-electron chi connectivity index (χ1n) is 10.1. The summed E-state index contributed by atoms with van der Waals surface area (Å²) in [5.41, 5.74) is 2.30. The maximum absolute atomic E-state index is 13.3. The van der Waals surface area contributed by atoms with Crippen LogP contribution < -0.4 is 0 Å². The van der Waals surface area contributed by atoms with Crippen LogP contribution in [0.15, 0.2) is 41.8 Å². The summed E-state index contributed by atoms with van der Waals surface area (Å²) >= 11 is 1.68. The number of nitrogens with zero attached hydrogens (tertiary/aromatic N) is 2. The van der Waals surface area contributed by atoms with Crippen LogP contribution in [-0.2, 0) is 22.7 Å². The van der Waals surface area contributed by atoms with Gasteiger partial charge in [-0.05, 0) is 49.3 Å². The predicted octanol–water partition coefficient (Wildman–Crippen LogP) is 5.01. The first-order chi connectivity index (χ1) is 13.5. The van der Waals surface area contributed by atoms with Crippen molar-refractivity contribution in [1.82, 2.24) is 9.80 Å². The van der Waals surface area contributed by atoms with Crippen molar-refractivity contribution >= 4 is 23.2 Å². The van der Waals surface area contributed by atoms with Gasteiger partial charge in [0.1, 0.15) is 6.54 Å². The Kier molecular flexibility index (Phi) is 8.71. The first kappa shape index (κ1) is 22.2. The fourth-order valence-electron chi connectivity index (χ4n) is 3.09. The third-order valence-corrected chi connectivity index (χ3v) is 6.09. The average molecular weight is 401 g/mol. The van der Waals surface area contributed by atoms with E-state index < -0.39 is 0 Å². The van der Waals surface area contributed by atoms with E-state index in [1.807, 2.05) is 49.1 Å². The van der Waals surface area contributed by atoms with Crippen molar-refractivity contribution in [1.29, 1.82) is 0 Å². The Balaban J connectivity index is 2.20. The molecule has 0 aliphatic carbocycles. The number of amides is 2. The number of rotatable bonds is 10. The molecular formula is C23H32N2O2S. The number of carbonyl (C=O) groups excluding carboxylic acids is 2. The fourth-order valence-corrected chi connectivity index (χ4v) is 4.01. The van der Waals surface area contributed by atoms with Crippen LogP contribution in [-0.4, -0.2) is 34.2 Å². The maximum atomic E-state index is 13.3. The van der Waals surface area contributed by atoms with Crippen LogP contribution in [0.3, 0.4) is 0 Å². The fraction of sp³-hybridized carbons (Fsp3) is 0.478. The second-order valence-corrected chi connectivity index (χ2v) is 8.29. The van der Waals surface area contributed by atoms with E-state index in [4.69, 9.17) is 0 Å². The highest BCUT2D eigenvalue weighted by atomic mass is 32.1. The number of benzene rings is 1. The minimum absolute atomic E-state index is 0.00130. The van der Waals surface area contributed by atoms with Crippen molar-refractivity contribution in [3.8, 4) is 0 Å². The number of hydrogen-bond acceptors (Lipinski definition) is 3. The van der Waals surface area contributed by atoms with Crippen LogP contribution in [0, 0.1) is 6.92 Å². The van der Waals surface area contributed by atoms with Crippen LogP contribution in [0.25, 0.3) is 0 Å². The zero-order chi connectivity index (χ0) is 20.5. The van der Waals surface area contributed by atoms with Crippen LogP contribution in [0.5, 0.6) is 0 Å². The summed E-state index contributed by atoms with van der Waals surface area (Å²) < 4.78 is 0. The summed E-state index contributed by atoms with van der Waals surface area (Å²) in [6.07, 6.45) is 2.12. The topological polar surface area (TPSA) is 40.6 Å². The molecule has 1 atom stereocenters. The van der Waals surface area contributed by atoms with Gasteiger partial charge in [-0.2, -0.15) is 0 Å². The molecule has 1 heterocycles. The van der Waals surface area contributed by atoms with Crippen molar-refractivity contribution in [2.75, 3.05) is 6.54 Å². The van der Waals surface area contributed by atoms with Gasteiger partial charge in [0.15, 0.2) is 0 Å². The lowest BCUT2D eigenvalue weighted by molar-refractivity contribution is -0.143. The molecule has 0 N–H and O–H groups in total. The molecule has 1 aromatic heterocycles. The van der Waals surface area contributed by atoms with Gasteiger partial charge in [0.2, 0.25) is 11.8 Å². The molecule has 0 radical (unpaired) electrons. The standard InChI is InChI=1S/C23H32N2O2S/c1-5-10-22(26)25(19(4)6-2)17-23(27)24(15-20-11-8-7-9-12-20)16-21-18(3)13-14-28-21/h7-9,11-14,19H,5-6,10,15-17H2,1-4H3. The molecule has 0 aliphatic heterocycles. The Bertz CT molecular complexity index is 757. The summed E-state index contributed by atoms with van der Waals surface area (Å²) in [5, 5.41) is 2.06. The van der Waals surface area contributed by atoms with Gasteiger partial charge in [-0.25, -0.2) is 0 Å². The molecule has 0 bridgehead atoms. The van der Waals surface area contributed by atoms with Crippen molar-refractivity contribution in [2.45, 2.75) is 66.1 Å². The number of aryl methyl sites for hydroxylation is 1. The molecule has 2 aromatic rings. The average Bonchev–Trinajstić information content (AvgIpc) is 3.10. The lowest BCUT2D eigenvalue weighted by Crippen LogP contribution is -2.46. The molecule has 1 aromatic carbocycles. The number of hydrogen-bond donors (Lipinski definition) is 0. The molecule has 0 aliphatic rings. The molecule has 0 saturated carbocycles. The Morgan fingerprint density at radius 3 is 2.32 bits per heavy atom. The molecule has 5 heteroatoms. The van der Waals surface area contributed by atoms with Gasteiger partial charge in [0.05, 0.1) is 6.54 Å². The second kappa shape index (κ2) is 11.0. The number of thiophene rings is 1. The largest absolute Gasteiger partial charge is 0.332 e. The highest BCUT2D eigenvalue weighted by Crippen LogP contribution is 2.20. The normalized spacial score (nSPS) is 11.9. The molecule has 152 valence electrons. The molecule has 2 amide bonds. The number of carbonyl (C=O) groups is 2. The molecule has 0 saturated heterocycles. The molecule has 2 rings (SSSR count). The zero-order valence-electron chi connectivity index (χ0n) is 17.5. The van der Waals surface area contributed by atoms with E-state index in [9.17, 15) is 9.59 Å². The Labute approximate surface area is 173 Å².